The van der Waals surface area contributed by atoms with E-state index in [0.29, 0.717) is 12.1 Å². The number of hydrogen-bond acceptors (Lipinski definition) is 4. The SMILES string of the molecule is CCS(=O)(=O)CCC(=O)C1CC2CCC1N2. The van der Waals surface area contributed by atoms with Crippen LogP contribution in [0, 0.1) is 5.92 Å². The van der Waals surface area contributed by atoms with E-state index in [-0.39, 0.29) is 29.6 Å². The normalized spacial score (nSPS) is 33.2. The molecule has 0 amide bonds. The lowest BCUT2D eigenvalue weighted by atomic mass is 9.85. The van der Waals surface area contributed by atoms with Gasteiger partial charge in [0.25, 0.3) is 0 Å². The predicted molar refractivity (Wildman–Crippen MR) is 62.0 cm³/mol. The molecule has 0 aromatic carbocycles. The van der Waals surface area contributed by atoms with E-state index in [9.17, 15) is 13.2 Å². The third-order valence-electron chi connectivity index (χ3n) is 3.81. The van der Waals surface area contributed by atoms with E-state index in [1.54, 1.807) is 6.92 Å². The summed E-state index contributed by atoms with van der Waals surface area (Å²) in [4.78, 5) is 11.9. The minimum Gasteiger partial charge on any atom is -0.310 e. The van der Waals surface area contributed by atoms with Gasteiger partial charge in [0.15, 0.2) is 0 Å². The van der Waals surface area contributed by atoms with Crippen molar-refractivity contribution < 1.29 is 13.2 Å². The number of fused-ring (bicyclic) bond motifs is 2. The van der Waals surface area contributed by atoms with E-state index >= 15 is 0 Å². The summed E-state index contributed by atoms with van der Waals surface area (Å²) in [7, 11) is -3.00. The second kappa shape index (κ2) is 4.45. The highest BCUT2D eigenvalue weighted by atomic mass is 32.2. The Hall–Kier alpha value is -0.420. The van der Waals surface area contributed by atoms with Gasteiger partial charge in [-0.2, -0.15) is 0 Å². The second-order valence-corrected chi connectivity index (χ2v) is 7.32. The smallest absolute Gasteiger partial charge is 0.150 e. The summed E-state index contributed by atoms with van der Waals surface area (Å²) in [5.74, 6) is 0.369. The van der Waals surface area contributed by atoms with Crippen molar-refractivity contribution in [2.75, 3.05) is 11.5 Å². The molecule has 0 saturated carbocycles. The standard InChI is InChI=1S/C11H19NO3S/c1-2-16(14,15)6-5-11(13)9-7-8-3-4-10(9)12-8/h8-10,12H,2-7H2,1H3. The van der Waals surface area contributed by atoms with E-state index in [1.807, 2.05) is 0 Å². The van der Waals surface area contributed by atoms with Crippen LogP contribution in [0.1, 0.15) is 32.6 Å². The lowest BCUT2D eigenvalue weighted by molar-refractivity contribution is -0.123. The van der Waals surface area contributed by atoms with Gasteiger partial charge in [0.2, 0.25) is 0 Å². The van der Waals surface area contributed by atoms with Crippen LogP contribution in [0.5, 0.6) is 0 Å². The van der Waals surface area contributed by atoms with Crippen LogP contribution in [0.4, 0.5) is 0 Å². The van der Waals surface area contributed by atoms with Gasteiger partial charge < -0.3 is 5.32 Å². The van der Waals surface area contributed by atoms with Gasteiger partial charge in [-0.15, -0.1) is 0 Å². The van der Waals surface area contributed by atoms with Gasteiger partial charge in [-0.1, -0.05) is 6.92 Å². The molecule has 16 heavy (non-hydrogen) atoms. The number of carbonyl (C=O) groups excluding carboxylic acids is 1. The Bertz CT molecular complexity index is 377. The van der Waals surface area contributed by atoms with Crippen molar-refractivity contribution in [3.8, 4) is 0 Å². The number of ketones is 1. The minimum atomic E-state index is -3.00. The third-order valence-corrected chi connectivity index (χ3v) is 5.52. The Balaban J connectivity index is 1.85. The maximum atomic E-state index is 11.9. The Labute approximate surface area is 96.7 Å². The van der Waals surface area contributed by atoms with Gasteiger partial charge in [0.1, 0.15) is 15.6 Å². The molecule has 92 valence electrons. The summed E-state index contributed by atoms with van der Waals surface area (Å²) in [6.07, 6.45) is 3.35. The molecule has 2 saturated heterocycles. The summed E-state index contributed by atoms with van der Waals surface area (Å²) in [5, 5.41) is 3.40. The van der Waals surface area contributed by atoms with E-state index in [0.717, 1.165) is 12.8 Å². The van der Waals surface area contributed by atoms with Crippen LogP contribution in [-0.2, 0) is 14.6 Å². The molecule has 3 atom stereocenters. The summed E-state index contributed by atoms with van der Waals surface area (Å²) in [6, 6.07) is 0.823. The number of sulfone groups is 1. The number of nitrogens with one attached hydrogen (secondary N) is 1. The van der Waals surface area contributed by atoms with Crippen molar-refractivity contribution >= 4 is 15.6 Å². The van der Waals surface area contributed by atoms with E-state index < -0.39 is 9.84 Å². The summed E-state index contributed by atoms with van der Waals surface area (Å²) in [6.45, 7) is 1.62. The quantitative estimate of drug-likeness (QED) is 0.767. The molecule has 4 nitrogen and oxygen atoms in total. The van der Waals surface area contributed by atoms with Crippen molar-refractivity contribution in [1.29, 1.82) is 0 Å². The second-order valence-electron chi connectivity index (χ2n) is 4.84. The van der Waals surface area contributed by atoms with Crippen molar-refractivity contribution in [2.24, 2.45) is 5.92 Å². The Morgan fingerprint density at radius 1 is 1.38 bits per heavy atom. The number of hydrogen-bond donors (Lipinski definition) is 1. The van der Waals surface area contributed by atoms with Crippen LogP contribution in [0.3, 0.4) is 0 Å². The fourth-order valence-electron chi connectivity index (χ4n) is 2.77. The lowest BCUT2D eigenvalue weighted by Crippen LogP contribution is -2.29. The Kier molecular flexibility index (Phi) is 3.35. The fourth-order valence-corrected chi connectivity index (χ4v) is 3.57. The number of carbonyl (C=O) groups is 1. The van der Waals surface area contributed by atoms with Crippen LogP contribution >= 0.6 is 0 Å². The van der Waals surface area contributed by atoms with Crippen molar-refractivity contribution in [3.05, 3.63) is 0 Å². The zero-order valence-electron chi connectivity index (χ0n) is 9.61. The van der Waals surface area contributed by atoms with E-state index in [4.69, 9.17) is 0 Å². The van der Waals surface area contributed by atoms with E-state index in [1.165, 1.54) is 6.42 Å². The molecule has 0 aliphatic carbocycles. The predicted octanol–water partition coefficient (Wildman–Crippen LogP) is 0.521. The van der Waals surface area contributed by atoms with Gasteiger partial charge in [-0.3, -0.25) is 4.79 Å². The molecule has 1 N–H and O–H groups in total. The minimum absolute atomic E-state index is 0.0240. The van der Waals surface area contributed by atoms with Crippen LogP contribution in [-0.4, -0.2) is 37.8 Å². The van der Waals surface area contributed by atoms with Gasteiger partial charge in [0.05, 0.1) is 5.75 Å². The highest BCUT2D eigenvalue weighted by Gasteiger charge is 2.42. The largest absolute Gasteiger partial charge is 0.310 e. The number of rotatable bonds is 5. The highest BCUT2D eigenvalue weighted by molar-refractivity contribution is 7.91. The van der Waals surface area contributed by atoms with Crippen LogP contribution < -0.4 is 5.32 Å². The topological polar surface area (TPSA) is 63.2 Å². The molecule has 2 aliphatic heterocycles. The first-order valence-corrected chi connectivity index (χ1v) is 7.83. The van der Waals surface area contributed by atoms with Crippen LogP contribution in [0.15, 0.2) is 0 Å². The average Bonchev–Trinajstić information content (AvgIpc) is 2.87. The van der Waals surface area contributed by atoms with Crippen LogP contribution in [0.2, 0.25) is 0 Å². The van der Waals surface area contributed by atoms with Gasteiger partial charge >= 0.3 is 0 Å². The molecular formula is C11H19NO3S. The molecule has 0 radical (unpaired) electrons. The molecule has 2 aliphatic rings. The molecule has 2 rings (SSSR count). The fraction of sp³-hybridized carbons (Fsp3) is 0.909. The monoisotopic (exact) mass is 245 g/mol. The first-order valence-electron chi connectivity index (χ1n) is 6.01. The molecule has 0 aromatic rings. The van der Waals surface area contributed by atoms with Gasteiger partial charge in [-0.25, -0.2) is 8.42 Å². The van der Waals surface area contributed by atoms with Crippen molar-refractivity contribution in [1.82, 2.24) is 5.32 Å². The first-order chi connectivity index (χ1) is 7.52. The molecule has 0 aromatic heterocycles. The molecule has 2 bridgehead atoms. The van der Waals surface area contributed by atoms with Crippen LogP contribution in [0.25, 0.3) is 0 Å². The Morgan fingerprint density at radius 2 is 2.12 bits per heavy atom. The van der Waals surface area contributed by atoms with E-state index in [2.05, 4.69) is 5.32 Å². The third kappa shape index (κ3) is 2.46. The molecule has 3 unspecified atom stereocenters. The zero-order valence-corrected chi connectivity index (χ0v) is 10.4. The molecule has 2 fully saturated rings. The van der Waals surface area contributed by atoms with Gasteiger partial charge in [0, 0.05) is 30.2 Å². The van der Waals surface area contributed by atoms with Crippen molar-refractivity contribution in [2.45, 2.75) is 44.7 Å². The molecule has 0 spiro atoms. The average molecular weight is 245 g/mol. The summed E-state index contributed by atoms with van der Waals surface area (Å²) in [5.41, 5.74) is 0. The molecule has 2 heterocycles. The Morgan fingerprint density at radius 3 is 2.62 bits per heavy atom. The van der Waals surface area contributed by atoms with Gasteiger partial charge in [-0.05, 0) is 19.3 Å². The summed E-state index contributed by atoms with van der Waals surface area (Å²) < 4.78 is 22.6. The lowest BCUT2D eigenvalue weighted by Gasteiger charge is -2.18. The van der Waals surface area contributed by atoms with Crippen molar-refractivity contribution in [3.63, 3.8) is 0 Å². The maximum Gasteiger partial charge on any atom is 0.150 e. The molecular weight excluding hydrogens is 226 g/mol. The zero-order chi connectivity index (χ0) is 11.8. The first kappa shape index (κ1) is 12.0. The maximum absolute atomic E-state index is 11.9. The molecule has 5 heteroatoms. The number of Topliss-reactive ketones (excluding diaryl/α,β-unsaturated/α-hetero) is 1. The summed E-state index contributed by atoms with van der Waals surface area (Å²) >= 11 is 0. The highest BCUT2D eigenvalue weighted by Crippen LogP contribution is 2.34.